The van der Waals surface area contributed by atoms with Crippen LogP contribution in [0.5, 0.6) is 0 Å². The molecule has 218 valence electrons. The lowest BCUT2D eigenvalue weighted by molar-refractivity contribution is -0.167. The molecule has 4 saturated heterocycles. The number of carboxylic acid groups (broad SMARTS) is 1. The smallest absolute Gasteiger partial charge is 0.327 e. The SMILES string of the molecule is N=C(N)N1CCCC(C[C@H]2C(=O)N(C(=O)N3CCN(C(=O)CCCCCN4CCCCC4)CC3)C2C(=O)O)C1. The molecule has 4 amide bonds. The van der Waals surface area contributed by atoms with Crippen molar-refractivity contribution in [3.63, 3.8) is 0 Å². The third-order valence-corrected chi connectivity index (χ3v) is 8.84. The molecule has 4 rings (SSSR count). The van der Waals surface area contributed by atoms with E-state index in [1.807, 2.05) is 0 Å². The number of hydrogen-bond donors (Lipinski definition) is 3. The number of carbonyl (C=O) groups is 4. The zero-order valence-electron chi connectivity index (χ0n) is 23.1. The van der Waals surface area contributed by atoms with E-state index < -0.39 is 29.9 Å². The summed E-state index contributed by atoms with van der Waals surface area (Å²) in [6, 6.07) is -1.76. The summed E-state index contributed by atoms with van der Waals surface area (Å²) in [7, 11) is 0. The number of carbonyl (C=O) groups excluding carboxylic acids is 3. The van der Waals surface area contributed by atoms with Gasteiger partial charge in [-0.05, 0) is 70.5 Å². The molecule has 4 heterocycles. The van der Waals surface area contributed by atoms with E-state index in [2.05, 4.69) is 4.90 Å². The molecule has 3 atom stereocenters. The van der Waals surface area contributed by atoms with Gasteiger partial charge in [0.15, 0.2) is 12.0 Å². The number of hydrogen-bond acceptors (Lipinski definition) is 6. The number of rotatable bonds is 9. The molecule has 0 aromatic rings. The molecule has 4 aliphatic heterocycles. The van der Waals surface area contributed by atoms with E-state index in [9.17, 15) is 24.3 Å². The first-order valence-electron chi connectivity index (χ1n) is 14.7. The lowest BCUT2D eigenvalue weighted by Gasteiger charge is -2.47. The summed E-state index contributed by atoms with van der Waals surface area (Å²) in [6.07, 6.45) is 9.45. The maximum absolute atomic E-state index is 13.1. The maximum Gasteiger partial charge on any atom is 0.327 e. The van der Waals surface area contributed by atoms with Gasteiger partial charge in [0, 0.05) is 45.7 Å². The Balaban J connectivity index is 1.19. The van der Waals surface area contributed by atoms with E-state index in [1.165, 1.54) is 37.3 Å². The molecule has 39 heavy (non-hydrogen) atoms. The zero-order valence-corrected chi connectivity index (χ0v) is 23.1. The highest BCUT2D eigenvalue weighted by molar-refractivity contribution is 6.07. The number of β-lactam (4-membered cyclic amide) rings is 1. The molecule has 12 nitrogen and oxygen atoms in total. The molecule has 2 unspecified atom stereocenters. The molecular formula is C27H45N7O5. The minimum absolute atomic E-state index is 0.0169. The van der Waals surface area contributed by atoms with Gasteiger partial charge in [0.25, 0.3) is 0 Å². The van der Waals surface area contributed by atoms with Crippen molar-refractivity contribution in [2.24, 2.45) is 17.6 Å². The van der Waals surface area contributed by atoms with Gasteiger partial charge >= 0.3 is 12.0 Å². The molecule has 0 aromatic heterocycles. The van der Waals surface area contributed by atoms with E-state index >= 15 is 0 Å². The standard InChI is InChI=1S/C27H45N7O5/c28-26(29)33-13-7-8-20(19-33)18-21-23(25(37)38)34(24(21)36)27(39)32-16-14-31(15-17-32)22(35)9-3-1-4-10-30-11-5-2-6-12-30/h20-21,23H,1-19H2,(H3,28,29)(H,37,38)/t20?,21-,23?/m1/s1. The van der Waals surface area contributed by atoms with Crippen LogP contribution in [0.3, 0.4) is 0 Å². The fourth-order valence-corrected chi connectivity index (χ4v) is 6.54. The van der Waals surface area contributed by atoms with Crippen molar-refractivity contribution in [2.75, 3.05) is 58.9 Å². The van der Waals surface area contributed by atoms with Crippen LogP contribution in [0.15, 0.2) is 0 Å². The number of imide groups is 1. The normalized spacial score (nSPS) is 26.4. The van der Waals surface area contributed by atoms with Crippen LogP contribution >= 0.6 is 0 Å². The van der Waals surface area contributed by atoms with Crippen molar-refractivity contribution in [1.82, 2.24) is 24.5 Å². The summed E-state index contributed by atoms with van der Waals surface area (Å²) in [6.45, 7) is 6.07. The van der Waals surface area contributed by atoms with Crippen LogP contribution in [0, 0.1) is 17.2 Å². The molecule has 4 fully saturated rings. The number of piperazine rings is 1. The van der Waals surface area contributed by atoms with Gasteiger partial charge in [0.1, 0.15) is 0 Å². The molecule has 0 bridgehead atoms. The van der Waals surface area contributed by atoms with Gasteiger partial charge in [-0.1, -0.05) is 12.8 Å². The Morgan fingerprint density at radius 1 is 0.872 bits per heavy atom. The average molecular weight is 548 g/mol. The van der Waals surface area contributed by atoms with Gasteiger partial charge in [-0.2, -0.15) is 0 Å². The first-order valence-corrected chi connectivity index (χ1v) is 14.7. The minimum Gasteiger partial charge on any atom is -0.480 e. The highest BCUT2D eigenvalue weighted by atomic mass is 16.4. The van der Waals surface area contributed by atoms with E-state index in [-0.39, 0.29) is 30.9 Å². The van der Waals surface area contributed by atoms with E-state index in [1.54, 1.807) is 9.80 Å². The maximum atomic E-state index is 13.1. The first-order chi connectivity index (χ1) is 18.8. The molecule has 4 aliphatic rings. The summed E-state index contributed by atoms with van der Waals surface area (Å²) in [5, 5.41) is 17.5. The monoisotopic (exact) mass is 547 g/mol. The lowest BCUT2D eigenvalue weighted by Crippen LogP contribution is -2.70. The molecule has 0 spiro atoms. The van der Waals surface area contributed by atoms with Gasteiger partial charge < -0.3 is 30.4 Å². The van der Waals surface area contributed by atoms with Crippen LogP contribution in [0.25, 0.3) is 0 Å². The number of aliphatic carboxylic acids is 1. The summed E-state index contributed by atoms with van der Waals surface area (Å²) >= 11 is 0. The number of unbranched alkanes of at least 4 members (excludes halogenated alkanes) is 2. The highest BCUT2D eigenvalue weighted by Gasteiger charge is 2.56. The third-order valence-electron chi connectivity index (χ3n) is 8.84. The summed E-state index contributed by atoms with van der Waals surface area (Å²) in [4.78, 5) is 59.2. The van der Waals surface area contributed by atoms with Gasteiger partial charge in [0.2, 0.25) is 11.8 Å². The molecule has 0 aromatic carbocycles. The first kappa shape index (κ1) is 29.1. The Morgan fingerprint density at radius 2 is 1.56 bits per heavy atom. The van der Waals surface area contributed by atoms with E-state index in [0.29, 0.717) is 39.0 Å². The summed E-state index contributed by atoms with van der Waals surface area (Å²) < 4.78 is 0. The van der Waals surface area contributed by atoms with Crippen molar-refractivity contribution < 1.29 is 24.3 Å². The van der Waals surface area contributed by atoms with Crippen LogP contribution < -0.4 is 5.73 Å². The summed E-state index contributed by atoms with van der Waals surface area (Å²) in [5.41, 5.74) is 5.61. The zero-order chi connectivity index (χ0) is 27.9. The van der Waals surface area contributed by atoms with Gasteiger partial charge in [-0.15, -0.1) is 0 Å². The number of amides is 4. The lowest BCUT2D eigenvalue weighted by atomic mass is 9.78. The fraction of sp³-hybridized carbons (Fsp3) is 0.815. The molecule has 0 aliphatic carbocycles. The third kappa shape index (κ3) is 7.20. The quantitative estimate of drug-likeness (QED) is 0.168. The number of carboxylic acids is 1. The second kappa shape index (κ2) is 13.5. The Bertz CT molecular complexity index is 916. The number of nitrogens with one attached hydrogen (secondary N) is 1. The second-order valence-electron chi connectivity index (χ2n) is 11.5. The predicted molar refractivity (Wildman–Crippen MR) is 145 cm³/mol. The van der Waals surface area contributed by atoms with Crippen LogP contribution in [-0.4, -0.2) is 124 Å². The van der Waals surface area contributed by atoms with Crippen molar-refractivity contribution in [3.8, 4) is 0 Å². The van der Waals surface area contributed by atoms with Crippen LogP contribution in [0.4, 0.5) is 4.79 Å². The molecule has 0 saturated carbocycles. The van der Waals surface area contributed by atoms with Crippen molar-refractivity contribution in [1.29, 1.82) is 5.41 Å². The number of nitrogens with zero attached hydrogens (tertiary/aromatic N) is 5. The van der Waals surface area contributed by atoms with Crippen LogP contribution in [-0.2, 0) is 14.4 Å². The van der Waals surface area contributed by atoms with Gasteiger partial charge in [-0.25, -0.2) is 14.5 Å². The molecule has 0 radical (unpaired) electrons. The number of guanidine groups is 1. The molecule has 12 heteroatoms. The fourth-order valence-electron chi connectivity index (χ4n) is 6.54. The minimum atomic E-state index is -1.18. The topological polar surface area (TPSA) is 155 Å². The van der Waals surface area contributed by atoms with Crippen molar-refractivity contribution in [3.05, 3.63) is 0 Å². The average Bonchev–Trinajstić information content (AvgIpc) is 2.94. The number of likely N-dealkylation sites (tertiary alicyclic amines) is 3. The number of urea groups is 1. The largest absolute Gasteiger partial charge is 0.480 e. The van der Waals surface area contributed by atoms with Gasteiger partial charge in [-0.3, -0.25) is 15.0 Å². The van der Waals surface area contributed by atoms with E-state index in [4.69, 9.17) is 11.1 Å². The Labute approximate surface area is 230 Å². The Morgan fingerprint density at radius 3 is 2.23 bits per heavy atom. The van der Waals surface area contributed by atoms with Crippen molar-refractivity contribution in [2.45, 2.75) is 70.3 Å². The predicted octanol–water partition coefficient (Wildman–Crippen LogP) is 1.20. The van der Waals surface area contributed by atoms with Gasteiger partial charge in [0.05, 0.1) is 5.92 Å². The molecule has 4 N–H and O–H groups in total. The number of piperidine rings is 2. The van der Waals surface area contributed by atoms with Crippen LogP contribution in [0.1, 0.15) is 64.2 Å². The Hall–Kier alpha value is -2.89. The second-order valence-corrected chi connectivity index (χ2v) is 11.5. The number of nitrogens with two attached hydrogens (primary N) is 1. The molecular weight excluding hydrogens is 502 g/mol. The van der Waals surface area contributed by atoms with E-state index in [0.717, 1.165) is 43.5 Å². The van der Waals surface area contributed by atoms with Crippen molar-refractivity contribution >= 4 is 29.8 Å². The van der Waals surface area contributed by atoms with Crippen LogP contribution in [0.2, 0.25) is 0 Å². The summed E-state index contributed by atoms with van der Waals surface area (Å²) in [5.74, 6) is -2.25. The Kier molecular flexibility index (Phi) is 10.0. The highest BCUT2D eigenvalue weighted by Crippen LogP contribution is 2.36.